The minimum absolute atomic E-state index is 0.225. The third kappa shape index (κ3) is 4.15. The lowest BCUT2D eigenvalue weighted by atomic mass is 10.2. The molecule has 2 aromatic carbocycles. The summed E-state index contributed by atoms with van der Waals surface area (Å²) >= 11 is 0. The molecule has 0 radical (unpaired) electrons. The number of benzene rings is 2. The highest BCUT2D eigenvalue weighted by Gasteiger charge is 2.23. The quantitative estimate of drug-likeness (QED) is 0.854. The van der Waals surface area contributed by atoms with Crippen LogP contribution in [-0.2, 0) is 19.6 Å². The molecule has 1 heterocycles. The van der Waals surface area contributed by atoms with E-state index in [0.717, 1.165) is 12.5 Å². The third-order valence-electron chi connectivity index (χ3n) is 3.75. The van der Waals surface area contributed by atoms with Crippen molar-refractivity contribution < 1.29 is 22.3 Å². The molecule has 1 amide bonds. The van der Waals surface area contributed by atoms with Gasteiger partial charge in [0.25, 0.3) is 15.9 Å². The summed E-state index contributed by atoms with van der Waals surface area (Å²) in [7, 11) is -4.03. The second kappa shape index (κ2) is 7.20. The van der Waals surface area contributed by atoms with Crippen molar-refractivity contribution in [1.29, 1.82) is 0 Å². The van der Waals surface area contributed by atoms with Crippen molar-refractivity contribution in [1.82, 2.24) is 0 Å². The first-order chi connectivity index (χ1) is 12.0. The van der Waals surface area contributed by atoms with Crippen LogP contribution >= 0.6 is 0 Å². The topological polar surface area (TPSA) is 84.5 Å². The average molecular weight is 364 g/mol. The van der Waals surface area contributed by atoms with Crippen LogP contribution in [0.2, 0.25) is 0 Å². The molecular formula is C17H17FN2O4S. The summed E-state index contributed by atoms with van der Waals surface area (Å²) in [5.41, 5.74) is 0.785. The van der Waals surface area contributed by atoms with Crippen LogP contribution in [-0.4, -0.2) is 27.0 Å². The fourth-order valence-electron chi connectivity index (χ4n) is 2.50. The molecule has 8 heteroatoms. The molecule has 1 atom stereocenters. The Hall–Kier alpha value is -2.45. The summed E-state index contributed by atoms with van der Waals surface area (Å²) < 4.78 is 45.7. The number of rotatable bonds is 5. The van der Waals surface area contributed by atoms with Gasteiger partial charge in [-0.05, 0) is 49.2 Å². The molecule has 0 aliphatic carbocycles. The maximum Gasteiger partial charge on any atom is 0.264 e. The lowest BCUT2D eigenvalue weighted by Gasteiger charge is -2.12. The molecular weight excluding hydrogens is 347 g/mol. The summed E-state index contributed by atoms with van der Waals surface area (Å²) in [4.78, 5) is 11.5. The van der Waals surface area contributed by atoms with Crippen LogP contribution in [0.5, 0.6) is 0 Å². The molecule has 0 aromatic heterocycles. The molecule has 0 bridgehead atoms. The highest BCUT2D eigenvalue weighted by atomic mass is 32.2. The summed E-state index contributed by atoms with van der Waals surface area (Å²) in [5, 5.41) is 2.71. The number of sulfonamides is 1. The lowest BCUT2D eigenvalue weighted by Crippen LogP contribution is -2.26. The second-order valence-corrected chi connectivity index (χ2v) is 7.26. The largest absolute Gasteiger partial charge is 0.368 e. The van der Waals surface area contributed by atoms with E-state index in [1.165, 1.54) is 30.3 Å². The van der Waals surface area contributed by atoms with Crippen molar-refractivity contribution in [2.75, 3.05) is 16.6 Å². The van der Waals surface area contributed by atoms with E-state index in [1.54, 1.807) is 12.1 Å². The Morgan fingerprint density at radius 2 is 1.76 bits per heavy atom. The molecule has 1 aliphatic rings. The Bertz CT molecular complexity index is 862. The maximum absolute atomic E-state index is 13.7. The summed E-state index contributed by atoms with van der Waals surface area (Å²) in [6.45, 7) is 0.578. The number of nitrogens with one attached hydrogen (secondary N) is 2. The first-order valence-corrected chi connectivity index (χ1v) is 9.24. The number of halogens is 1. The zero-order valence-corrected chi connectivity index (χ0v) is 14.1. The van der Waals surface area contributed by atoms with E-state index < -0.39 is 26.8 Å². The van der Waals surface area contributed by atoms with Crippen LogP contribution < -0.4 is 10.0 Å². The van der Waals surface area contributed by atoms with Crippen LogP contribution in [0.15, 0.2) is 53.4 Å². The molecule has 0 spiro atoms. The van der Waals surface area contributed by atoms with E-state index in [4.69, 9.17) is 4.74 Å². The van der Waals surface area contributed by atoms with E-state index in [2.05, 4.69) is 10.0 Å². The SMILES string of the molecule is O=C(Nc1ccc(NS(=O)(=O)c2ccccc2F)cc1)C1CCCO1. The number of carbonyl (C=O) groups is 1. The van der Waals surface area contributed by atoms with Gasteiger partial charge in [-0.15, -0.1) is 0 Å². The van der Waals surface area contributed by atoms with Gasteiger partial charge in [0, 0.05) is 18.0 Å². The van der Waals surface area contributed by atoms with Gasteiger partial charge in [0.2, 0.25) is 0 Å². The molecule has 2 N–H and O–H groups in total. The van der Waals surface area contributed by atoms with Gasteiger partial charge in [-0.3, -0.25) is 9.52 Å². The number of amides is 1. The Morgan fingerprint density at radius 1 is 1.08 bits per heavy atom. The predicted molar refractivity (Wildman–Crippen MR) is 91.3 cm³/mol. The standard InChI is InChI=1S/C17H17FN2O4S/c18-14-4-1-2-6-16(14)25(22,23)20-13-9-7-12(8-10-13)19-17(21)15-5-3-11-24-15/h1-2,4,6-10,15,20H,3,5,11H2,(H,19,21). The first kappa shape index (κ1) is 17.4. The molecule has 25 heavy (non-hydrogen) atoms. The molecule has 3 rings (SSSR count). The van der Waals surface area contributed by atoms with E-state index in [0.29, 0.717) is 18.7 Å². The number of hydrogen-bond donors (Lipinski definition) is 2. The van der Waals surface area contributed by atoms with E-state index in [9.17, 15) is 17.6 Å². The maximum atomic E-state index is 13.7. The minimum Gasteiger partial charge on any atom is -0.368 e. The van der Waals surface area contributed by atoms with E-state index >= 15 is 0 Å². The molecule has 132 valence electrons. The van der Waals surface area contributed by atoms with Gasteiger partial charge in [0.1, 0.15) is 16.8 Å². The van der Waals surface area contributed by atoms with Crippen LogP contribution in [0, 0.1) is 5.82 Å². The number of anilines is 2. The lowest BCUT2D eigenvalue weighted by molar-refractivity contribution is -0.124. The summed E-state index contributed by atoms with van der Waals surface area (Å²) in [6, 6.07) is 11.2. The second-order valence-electron chi connectivity index (χ2n) is 5.60. The van der Waals surface area contributed by atoms with Crippen molar-refractivity contribution in [2.45, 2.75) is 23.8 Å². The molecule has 1 aliphatic heterocycles. The highest BCUT2D eigenvalue weighted by Crippen LogP contribution is 2.21. The normalized spacial score (nSPS) is 17.2. The molecule has 1 saturated heterocycles. The van der Waals surface area contributed by atoms with Crippen LogP contribution in [0.4, 0.5) is 15.8 Å². The first-order valence-electron chi connectivity index (χ1n) is 7.75. The molecule has 1 fully saturated rings. The monoisotopic (exact) mass is 364 g/mol. The fourth-order valence-corrected chi connectivity index (χ4v) is 3.64. The summed E-state index contributed by atoms with van der Waals surface area (Å²) in [6.07, 6.45) is 1.10. The molecule has 2 aromatic rings. The predicted octanol–water partition coefficient (Wildman–Crippen LogP) is 2.74. The van der Waals surface area contributed by atoms with Gasteiger partial charge < -0.3 is 10.1 Å². The number of hydrogen-bond acceptors (Lipinski definition) is 4. The number of ether oxygens (including phenoxy) is 1. The van der Waals surface area contributed by atoms with Crippen molar-refractivity contribution >= 4 is 27.3 Å². The number of carbonyl (C=O) groups excluding carboxylic acids is 1. The van der Waals surface area contributed by atoms with E-state index in [1.807, 2.05) is 0 Å². The zero-order chi connectivity index (χ0) is 17.9. The van der Waals surface area contributed by atoms with Crippen LogP contribution in [0.1, 0.15) is 12.8 Å². The van der Waals surface area contributed by atoms with Gasteiger partial charge in [0.05, 0.1) is 0 Å². The van der Waals surface area contributed by atoms with Crippen molar-refractivity contribution in [3.63, 3.8) is 0 Å². The van der Waals surface area contributed by atoms with Gasteiger partial charge in [-0.25, -0.2) is 12.8 Å². The Morgan fingerprint density at radius 3 is 2.40 bits per heavy atom. The highest BCUT2D eigenvalue weighted by molar-refractivity contribution is 7.92. The van der Waals surface area contributed by atoms with Crippen LogP contribution in [0.3, 0.4) is 0 Å². The molecule has 1 unspecified atom stereocenters. The summed E-state index contributed by atoms with van der Waals surface area (Å²) in [5.74, 6) is -1.05. The van der Waals surface area contributed by atoms with E-state index in [-0.39, 0.29) is 11.6 Å². The minimum atomic E-state index is -4.03. The van der Waals surface area contributed by atoms with Crippen molar-refractivity contribution in [3.05, 3.63) is 54.3 Å². The molecule has 0 saturated carbocycles. The van der Waals surface area contributed by atoms with Crippen molar-refractivity contribution in [2.24, 2.45) is 0 Å². The van der Waals surface area contributed by atoms with Gasteiger partial charge in [0.15, 0.2) is 0 Å². The smallest absolute Gasteiger partial charge is 0.264 e. The molecule has 6 nitrogen and oxygen atoms in total. The Kier molecular flexibility index (Phi) is 5.00. The Labute approximate surface area is 145 Å². The van der Waals surface area contributed by atoms with Crippen LogP contribution in [0.25, 0.3) is 0 Å². The van der Waals surface area contributed by atoms with Crippen molar-refractivity contribution in [3.8, 4) is 0 Å². The fraction of sp³-hybridized carbons (Fsp3) is 0.235. The van der Waals surface area contributed by atoms with Gasteiger partial charge >= 0.3 is 0 Å². The van der Waals surface area contributed by atoms with Gasteiger partial charge in [-0.2, -0.15) is 0 Å². The third-order valence-corrected chi connectivity index (χ3v) is 5.17. The average Bonchev–Trinajstić information content (AvgIpc) is 3.11. The Balaban J connectivity index is 1.68. The zero-order valence-electron chi connectivity index (χ0n) is 13.2. The van der Waals surface area contributed by atoms with Gasteiger partial charge in [-0.1, -0.05) is 12.1 Å².